The van der Waals surface area contributed by atoms with Crippen molar-refractivity contribution in [3.05, 3.63) is 30.1 Å². The van der Waals surface area contributed by atoms with Crippen molar-refractivity contribution >= 4 is 17.4 Å². The third-order valence-electron chi connectivity index (χ3n) is 4.09. The highest BCUT2D eigenvalue weighted by atomic mass is 16.4. The molecule has 6 heteroatoms. The molecule has 0 unspecified atom stereocenters. The largest absolute Gasteiger partial charge is 0.476 e. The first-order valence-corrected chi connectivity index (χ1v) is 7.30. The predicted octanol–water partition coefficient (Wildman–Crippen LogP) is 1.77. The summed E-state index contributed by atoms with van der Waals surface area (Å²) in [5.74, 6) is -0.528. The normalized spacial score (nSPS) is 15.7. The summed E-state index contributed by atoms with van der Waals surface area (Å²) in [5, 5.41) is 18.9. The molecule has 0 atom stereocenters. The van der Waals surface area contributed by atoms with Crippen LogP contribution >= 0.6 is 0 Å². The number of anilines is 1. The van der Waals surface area contributed by atoms with E-state index in [1.807, 2.05) is 11.0 Å². The number of fused-ring (bicyclic) bond motifs is 1. The van der Waals surface area contributed by atoms with Gasteiger partial charge < -0.3 is 15.1 Å². The average Bonchev–Trinajstić information content (AvgIpc) is 3.11. The summed E-state index contributed by atoms with van der Waals surface area (Å²) in [7, 11) is 0. The Labute approximate surface area is 122 Å². The van der Waals surface area contributed by atoms with Gasteiger partial charge in [0.15, 0.2) is 11.5 Å². The molecule has 1 aliphatic carbocycles. The number of carboxylic acid groups (broad SMARTS) is 1. The van der Waals surface area contributed by atoms with Gasteiger partial charge in [-0.3, -0.25) is 4.40 Å². The Morgan fingerprint density at radius 3 is 2.81 bits per heavy atom. The van der Waals surface area contributed by atoms with E-state index in [9.17, 15) is 15.0 Å². The smallest absolute Gasteiger partial charge is 0.356 e. The van der Waals surface area contributed by atoms with Crippen LogP contribution in [0.2, 0.25) is 0 Å². The maximum atomic E-state index is 11.7. The van der Waals surface area contributed by atoms with Gasteiger partial charge in [-0.25, -0.2) is 9.78 Å². The second-order valence-corrected chi connectivity index (χ2v) is 5.37. The molecule has 0 aliphatic heterocycles. The number of hydrogen-bond acceptors (Lipinski definition) is 4. The van der Waals surface area contributed by atoms with Crippen LogP contribution in [0.4, 0.5) is 5.82 Å². The van der Waals surface area contributed by atoms with Gasteiger partial charge >= 0.3 is 5.97 Å². The fraction of sp³-hybridized carbons (Fsp3) is 0.467. The minimum absolute atomic E-state index is 0.0105. The van der Waals surface area contributed by atoms with Crippen molar-refractivity contribution in [3.63, 3.8) is 0 Å². The number of pyridine rings is 1. The predicted molar refractivity (Wildman–Crippen MR) is 78.8 cm³/mol. The van der Waals surface area contributed by atoms with E-state index in [1.54, 1.807) is 22.7 Å². The second kappa shape index (κ2) is 5.73. The minimum Gasteiger partial charge on any atom is -0.476 e. The molecule has 6 nitrogen and oxygen atoms in total. The molecule has 0 aromatic carbocycles. The molecule has 112 valence electrons. The molecule has 3 rings (SSSR count). The number of aliphatic hydroxyl groups excluding tert-OH is 1. The summed E-state index contributed by atoms with van der Waals surface area (Å²) in [6, 6.07) is 5.68. The van der Waals surface area contributed by atoms with Crippen molar-refractivity contribution in [3.8, 4) is 0 Å². The van der Waals surface area contributed by atoms with Crippen molar-refractivity contribution in [2.45, 2.75) is 31.7 Å². The Morgan fingerprint density at radius 1 is 1.38 bits per heavy atom. The van der Waals surface area contributed by atoms with Gasteiger partial charge in [0.2, 0.25) is 0 Å². The van der Waals surface area contributed by atoms with E-state index >= 15 is 0 Å². The van der Waals surface area contributed by atoms with Crippen LogP contribution in [0.5, 0.6) is 0 Å². The molecule has 0 amide bonds. The summed E-state index contributed by atoms with van der Waals surface area (Å²) in [4.78, 5) is 18.1. The van der Waals surface area contributed by atoms with Gasteiger partial charge in [0.25, 0.3) is 0 Å². The van der Waals surface area contributed by atoms with Gasteiger partial charge in [-0.15, -0.1) is 0 Å². The van der Waals surface area contributed by atoms with E-state index in [1.165, 1.54) is 0 Å². The van der Waals surface area contributed by atoms with Crippen LogP contribution in [0.25, 0.3) is 5.65 Å². The fourth-order valence-corrected chi connectivity index (χ4v) is 3.17. The summed E-state index contributed by atoms with van der Waals surface area (Å²) < 4.78 is 1.59. The second-order valence-electron chi connectivity index (χ2n) is 5.37. The zero-order valence-electron chi connectivity index (χ0n) is 11.8. The summed E-state index contributed by atoms with van der Waals surface area (Å²) >= 11 is 0. The number of carboxylic acids is 1. The number of aliphatic hydroxyl groups is 1. The number of aromatic nitrogens is 2. The van der Waals surface area contributed by atoms with E-state index in [4.69, 9.17) is 0 Å². The topological polar surface area (TPSA) is 78.1 Å². The summed E-state index contributed by atoms with van der Waals surface area (Å²) in [6.45, 7) is 0.401. The Balaban J connectivity index is 2.11. The van der Waals surface area contributed by atoms with Crippen LogP contribution in [-0.4, -0.2) is 44.8 Å². The molecule has 0 bridgehead atoms. The molecule has 1 saturated carbocycles. The maximum Gasteiger partial charge on any atom is 0.356 e. The molecule has 1 fully saturated rings. The molecule has 2 N–H and O–H groups in total. The summed E-state index contributed by atoms with van der Waals surface area (Å²) in [5.41, 5.74) is 0.789. The van der Waals surface area contributed by atoms with Crippen LogP contribution in [0, 0.1) is 0 Å². The average molecular weight is 289 g/mol. The Morgan fingerprint density at radius 2 is 2.14 bits per heavy atom. The van der Waals surface area contributed by atoms with Gasteiger partial charge in [0.05, 0.1) is 6.61 Å². The fourth-order valence-electron chi connectivity index (χ4n) is 3.17. The number of imidazole rings is 1. The van der Waals surface area contributed by atoms with Gasteiger partial charge in [-0.05, 0) is 25.0 Å². The molecule has 0 radical (unpaired) electrons. The number of aromatic carboxylic acids is 1. The highest BCUT2D eigenvalue weighted by Crippen LogP contribution is 2.30. The molecule has 2 aromatic heterocycles. The Hall–Kier alpha value is -2.08. The Bertz CT molecular complexity index is 647. The molecule has 0 saturated heterocycles. The molecule has 21 heavy (non-hydrogen) atoms. The van der Waals surface area contributed by atoms with Crippen molar-refractivity contribution in [1.29, 1.82) is 0 Å². The van der Waals surface area contributed by atoms with Crippen molar-refractivity contribution in [2.24, 2.45) is 0 Å². The van der Waals surface area contributed by atoms with Crippen LogP contribution in [0.1, 0.15) is 36.2 Å². The van der Waals surface area contributed by atoms with E-state index in [-0.39, 0.29) is 18.3 Å². The first kappa shape index (κ1) is 13.9. The molecule has 2 aromatic rings. The van der Waals surface area contributed by atoms with Crippen molar-refractivity contribution < 1.29 is 15.0 Å². The summed E-state index contributed by atoms with van der Waals surface area (Å²) in [6.07, 6.45) is 6.03. The number of rotatable bonds is 5. The lowest BCUT2D eigenvalue weighted by atomic mass is 10.2. The maximum absolute atomic E-state index is 11.7. The number of carbonyl (C=O) groups is 1. The van der Waals surface area contributed by atoms with Crippen LogP contribution in [0.15, 0.2) is 24.4 Å². The van der Waals surface area contributed by atoms with E-state index in [0.29, 0.717) is 18.0 Å². The zero-order valence-corrected chi connectivity index (χ0v) is 11.8. The van der Waals surface area contributed by atoms with Crippen molar-refractivity contribution in [1.82, 2.24) is 9.38 Å². The first-order valence-electron chi connectivity index (χ1n) is 7.30. The monoisotopic (exact) mass is 289 g/mol. The standard InChI is InChI=1S/C15H19N3O3/c19-10-9-17(11-5-1-2-6-11)14-13(15(20)21)18-8-4-3-7-12(18)16-14/h3-4,7-8,11,19H,1-2,5-6,9-10H2,(H,20,21). The number of nitrogens with zero attached hydrogens (tertiary/aromatic N) is 3. The first-order chi connectivity index (χ1) is 10.2. The van der Waals surface area contributed by atoms with E-state index < -0.39 is 5.97 Å². The molecular weight excluding hydrogens is 270 g/mol. The van der Waals surface area contributed by atoms with Gasteiger partial charge in [0, 0.05) is 18.8 Å². The molecular formula is C15H19N3O3. The van der Waals surface area contributed by atoms with Gasteiger partial charge in [-0.2, -0.15) is 0 Å². The zero-order chi connectivity index (χ0) is 14.8. The minimum atomic E-state index is -0.996. The SMILES string of the molecule is O=C(O)c1c(N(CCO)C2CCCC2)nc2ccccn12. The quantitative estimate of drug-likeness (QED) is 0.877. The van der Waals surface area contributed by atoms with Gasteiger partial charge in [0.1, 0.15) is 5.65 Å². The highest BCUT2D eigenvalue weighted by Gasteiger charge is 2.29. The van der Waals surface area contributed by atoms with E-state index in [2.05, 4.69) is 4.98 Å². The van der Waals surface area contributed by atoms with E-state index in [0.717, 1.165) is 25.7 Å². The molecule has 1 aliphatic rings. The van der Waals surface area contributed by atoms with Gasteiger partial charge in [-0.1, -0.05) is 18.9 Å². The van der Waals surface area contributed by atoms with Crippen molar-refractivity contribution in [2.75, 3.05) is 18.1 Å². The highest BCUT2D eigenvalue weighted by molar-refractivity contribution is 5.93. The third-order valence-corrected chi connectivity index (χ3v) is 4.09. The lowest BCUT2D eigenvalue weighted by Crippen LogP contribution is -2.37. The lowest BCUT2D eigenvalue weighted by Gasteiger charge is -2.28. The molecule has 2 heterocycles. The number of hydrogen-bond donors (Lipinski definition) is 2. The molecule has 0 spiro atoms. The lowest BCUT2D eigenvalue weighted by molar-refractivity contribution is 0.0690. The third kappa shape index (κ3) is 2.47. The van der Waals surface area contributed by atoms with Crippen LogP contribution in [0.3, 0.4) is 0 Å². The van der Waals surface area contributed by atoms with Crippen LogP contribution in [-0.2, 0) is 0 Å². The Kier molecular flexibility index (Phi) is 3.79. The van der Waals surface area contributed by atoms with Crippen LogP contribution < -0.4 is 4.90 Å².